The van der Waals surface area contributed by atoms with Crippen molar-refractivity contribution in [2.24, 2.45) is 0 Å². The Morgan fingerprint density at radius 3 is 2.63 bits per heavy atom. The van der Waals surface area contributed by atoms with E-state index in [9.17, 15) is 4.79 Å². The summed E-state index contributed by atoms with van der Waals surface area (Å²) in [7, 11) is 0. The smallest absolute Gasteiger partial charge is 0.410 e. The summed E-state index contributed by atoms with van der Waals surface area (Å²) in [4.78, 5) is 33.6. The van der Waals surface area contributed by atoms with Gasteiger partial charge >= 0.3 is 6.09 Å². The number of carbonyl (C=O) groups excluding carboxylic acids is 1. The molecule has 0 unspecified atom stereocenters. The number of carbonyl (C=O) groups is 1. The van der Waals surface area contributed by atoms with E-state index in [2.05, 4.69) is 62.2 Å². The number of aromatic amines is 1. The number of benzene rings is 1. The Bertz CT molecular complexity index is 1350. The van der Waals surface area contributed by atoms with Crippen molar-refractivity contribution in [2.45, 2.75) is 40.3 Å². The highest BCUT2D eigenvalue weighted by Gasteiger charge is 2.25. The van der Waals surface area contributed by atoms with Crippen molar-refractivity contribution < 1.29 is 9.53 Å². The minimum atomic E-state index is -0.284. The first kappa shape index (κ1) is 23.3. The highest BCUT2D eigenvalue weighted by atomic mass is 79.9. The van der Waals surface area contributed by atoms with E-state index in [1.807, 2.05) is 13.8 Å². The molecule has 0 atom stereocenters. The Morgan fingerprint density at radius 1 is 1.14 bits per heavy atom. The fourth-order valence-corrected chi connectivity index (χ4v) is 4.38. The normalized spacial score (nSPS) is 14.3. The molecule has 1 saturated heterocycles. The van der Waals surface area contributed by atoms with Gasteiger partial charge in [0.25, 0.3) is 0 Å². The predicted molar refractivity (Wildman–Crippen MR) is 137 cm³/mol. The fourth-order valence-electron chi connectivity index (χ4n) is 4.03. The monoisotopic (exact) mass is 541 g/mol. The molecule has 1 aromatic carbocycles. The minimum Gasteiger partial charge on any atom is -0.447 e. The number of imidazole rings is 1. The van der Waals surface area contributed by atoms with E-state index in [0.717, 1.165) is 21.3 Å². The standard InChI is InChI=1S/C23H28BrN9O2/c1-13(2)35-23(34)32-7-5-31(6-8-32)22-29-20-16(24)11-26-33(20)21(30-22)25-12-19-27-17-9-14(3)15(4)10-18(17)28-19/h9-11,13H,5-8,12H2,1-4H3,(H,27,28)(H,25,29,30). The molecule has 1 aliphatic rings. The third-order valence-corrected chi connectivity index (χ3v) is 6.59. The second-order valence-corrected chi connectivity index (χ2v) is 9.83. The Kier molecular flexibility index (Phi) is 6.22. The van der Waals surface area contributed by atoms with Crippen molar-refractivity contribution in [1.29, 1.82) is 0 Å². The molecule has 35 heavy (non-hydrogen) atoms. The van der Waals surface area contributed by atoms with E-state index in [1.165, 1.54) is 11.1 Å². The molecule has 4 aromatic rings. The molecule has 4 heterocycles. The van der Waals surface area contributed by atoms with Crippen LogP contribution in [0.4, 0.5) is 16.7 Å². The highest BCUT2D eigenvalue weighted by Crippen LogP contribution is 2.23. The second kappa shape index (κ2) is 9.33. The first-order valence-corrected chi connectivity index (χ1v) is 12.4. The number of hydrogen-bond donors (Lipinski definition) is 2. The van der Waals surface area contributed by atoms with Gasteiger partial charge in [-0.15, -0.1) is 0 Å². The molecule has 184 valence electrons. The van der Waals surface area contributed by atoms with Crippen molar-refractivity contribution in [2.75, 3.05) is 36.4 Å². The van der Waals surface area contributed by atoms with E-state index in [4.69, 9.17) is 19.7 Å². The van der Waals surface area contributed by atoms with Gasteiger partial charge in [0.05, 0.1) is 34.4 Å². The summed E-state index contributed by atoms with van der Waals surface area (Å²) in [5.74, 6) is 1.95. The lowest BCUT2D eigenvalue weighted by Crippen LogP contribution is -2.49. The summed E-state index contributed by atoms with van der Waals surface area (Å²) in [5.41, 5.74) is 5.05. The average Bonchev–Trinajstić information content (AvgIpc) is 3.40. The minimum absolute atomic E-state index is 0.140. The van der Waals surface area contributed by atoms with Crippen LogP contribution in [0.25, 0.3) is 16.7 Å². The number of rotatable bonds is 5. The molecule has 0 bridgehead atoms. The van der Waals surface area contributed by atoms with Crippen LogP contribution in [-0.2, 0) is 11.3 Å². The Morgan fingerprint density at radius 2 is 1.89 bits per heavy atom. The molecule has 0 spiro atoms. The zero-order chi connectivity index (χ0) is 24.7. The molecule has 11 nitrogen and oxygen atoms in total. The number of hydrogen-bond acceptors (Lipinski definition) is 8. The lowest BCUT2D eigenvalue weighted by atomic mass is 10.1. The summed E-state index contributed by atoms with van der Waals surface area (Å²) in [5, 5.41) is 7.77. The third kappa shape index (κ3) is 4.75. The van der Waals surface area contributed by atoms with Crippen LogP contribution < -0.4 is 10.2 Å². The number of H-pyrrole nitrogens is 1. The molecule has 2 N–H and O–H groups in total. The van der Waals surface area contributed by atoms with Crippen molar-refractivity contribution in [1.82, 2.24) is 34.4 Å². The second-order valence-electron chi connectivity index (χ2n) is 8.97. The van der Waals surface area contributed by atoms with Crippen molar-refractivity contribution in [3.8, 4) is 0 Å². The van der Waals surface area contributed by atoms with Gasteiger partial charge in [0.1, 0.15) is 5.82 Å². The Labute approximate surface area is 211 Å². The van der Waals surface area contributed by atoms with Crippen LogP contribution in [0.15, 0.2) is 22.8 Å². The first-order valence-electron chi connectivity index (χ1n) is 11.6. The lowest BCUT2D eigenvalue weighted by Gasteiger charge is -2.34. The number of halogens is 1. The molecule has 0 aliphatic carbocycles. The number of nitrogens with one attached hydrogen (secondary N) is 2. The number of fused-ring (bicyclic) bond motifs is 2. The summed E-state index contributed by atoms with van der Waals surface area (Å²) in [6.45, 7) is 10.6. The van der Waals surface area contributed by atoms with Gasteiger partial charge in [0, 0.05) is 26.2 Å². The van der Waals surface area contributed by atoms with Gasteiger partial charge in [0.2, 0.25) is 11.9 Å². The van der Waals surface area contributed by atoms with Gasteiger partial charge in [0.15, 0.2) is 5.65 Å². The molecule has 12 heteroatoms. The largest absolute Gasteiger partial charge is 0.447 e. The van der Waals surface area contributed by atoms with Crippen LogP contribution >= 0.6 is 15.9 Å². The van der Waals surface area contributed by atoms with Gasteiger partial charge in [-0.2, -0.15) is 19.6 Å². The molecule has 0 saturated carbocycles. The third-order valence-electron chi connectivity index (χ3n) is 6.03. The van der Waals surface area contributed by atoms with E-state index in [-0.39, 0.29) is 12.2 Å². The molecule has 5 rings (SSSR count). The fraction of sp³-hybridized carbons (Fsp3) is 0.435. The van der Waals surface area contributed by atoms with E-state index in [1.54, 1.807) is 15.6 Å². The van der Waals surface area contributed by atoms with Gasteiger partial charge in [-0.3, -0.25) is 0 Å². The number of amides is 1. The first-order chi connectivity index (χ1) is 16.8. The molecular weight excluding hydrogens is 514 g/mol. The molecular formula is C23H28BrN9O2. The van der Waals surface area contributed by atoms with Crippen LogP contribution in [-0.4, -0.2) is 72.8 Å². The van der Waals surface area contributed by atoms with E-state index >= 15 is 0 Å². The zero-order valence-corrected chi connectivity index (χ0v) is 21.8. The van der Waals surface area contributed by atoms with Gasteiger partial charge < -0.3 is 24.8 Å². The topological polar surface area (TPSA) is 117 Å². The number of ether oxygens (including phenoxy) is 1. The van der Waals surface area contributed by atoms with E-state index < -0.39 is 0 Å². The zero-order valence-electron chi connectivity index (χ0n) is 20.2. The summed E-state index contributed by atoms with van der Waals surface area (Å²) in [6.07, 6.45) is 1.28. The van der Waals surface area contributed by atoms with Gasteiger partial charge in [-0.05, 0) is 66.9 Å². The number of anilines is 2. The lowest BCUT2D eigenvalue weighted by molar-refractivity contribution is 0.0750. The maximum absolute atomic E-state index is 12.2. The number of piperazine rings is 1. The molecule has 3 aromatic heterocycles. The summed E-state index contributed by atoms with van der Waals surface area (Å²) < 4.78 is 7.77. The van der Waals surface area contributed by atoms with Gasteiger partial charge in [-0.1, -0.05) is 0 Å². The number of nitrogens with zero attached hydrogens (tertiary/aromatic N) is 7. The molecule has 1 fully saturated rings. The Hall–Kier alpha value is -3.41. The van der Waals surface area contributed by atoms with Crippen LogP contribution in [0.5, 0.6) is 0 Å². The number of aromatic nitrogens is 6. The Balaban J connectivity index is 1.35. The van der Waals surface area contributed by atoms with E-state index in [0.29, 0.717) is 50.3 Å². The average molecular weight is 542 g/mol. The van der Waals surface area contributed by atoms with Crippen molar-refractivity contribution >= 4 is 50.6 Å². The van der Waals surface area contributed by atoms with Crippen molar-refractivity contribution in [3.63, 3.8) is 0 Å². The van der Waals surface area contributed by atoms with Crippen LogP contribution in [0.3, 0.4) is 0 Å². The van der Waals surface area contributed by atoms with Crippen molar-refractivity contribution in [3.05, 3.63) is 39.8 Å². The maximum Gasteiger partial charge on any atom is 0.410 e. The maximum atomic E-state index is 12.2. The highest BCUT2D eigenvalue weighted by molar-refractivity contribution is 9.10. The van der Waals surface area contributed by atoms with Crippen LogP contribution in [0, 0.1) is 13.8 Å². The molecule has 0 radical (unpaired) electrons. The summed E-state index contributed by atoms with van der Waals surface area (Å²) >= 11 is 3.54. The SMILES string of the molecule is Cc1cc2nc(CNc3nc(N4CCN(C(=O)OC(C)C)CC4)nc4c(Br)cnn34)[nH]c2cc1C. The van der Waals surface area contributed by atoms with Crippen LogP contribution in [0.1, 0.15) is 30.8 Å². The summed E-state index contributed by atoms with van der Waals surface area (Å²) in [6, 6.07) is 4.20. The quantitative estimate of drug-likeness (QED) is 0.393. The predicted octanol–water partition coefficient (Wildman–Crippen LogP) is 3.66. The van der Waals surface area contributed by atoms with Gasteiger partial charge in [-0.25, -0.2) is 9.78 Å². The van der Waals surface area contributed by atoms with Crippen LogP contribution in [0.2, 0.25) is 0 Å². The molecule has 1 aliphatic heterocycles. The molecule has 1 amide bonds. The number of aryl methyl sites for hydroxylation is 2.